The zero-order valence-electron chi connectivity index (χ0n) is 14.2. The number of nitrogens with zero attached hydrogens (tertiary/aromatic N) is 1. The Morgan fingerprint density at radius 1 is 1.15 bits per heavy atom. The van der Waals surface area contributed by atoms with Crippen LogP contribution >= 0.6 is 0 Å². The molecule has 0 saturated heterocycles. The van der Waals surface area contributed by atoms with Crippen molar-refractivity contribution in [3.63, 3.8) is 0 Å². The van der Waals surface area contributed by atoms with Crippen molar-refractivity contribution in [3.8, 4) is 11.8 Å². The molecule has 26 heavy (non-hydrogen) atoms. The van der Waals surface area contributed by atoms with Crippen LogP contribution in [0.2, 0.25) is 0 Å². The fraction of sp³-hybridized carbons (Fsp3) is 0.150. The second-order valence-electron chi connectivity index (χ2n) is 5.73. The number of ether oxygens (including phenoxy) is 1. The summed E-state index contributed by atoms with van der Waals surface area (Å²) in [4.78, 5) is 24.7. The van der Waals surface area contributed by atoms with Crippen LogP contribution in [0.1, 0.15) is 24.1 Å². The number of amides is 2. The van der Waals surface area contributed by atoms with Gasteiger partial charge in [-0.15, -0.1) is 0 Å². The molecule has 0 bridgehead atoms. The molecule has 1 aliphatic heterocycles. The molecular weight excluding hydrogens is 330 g/mol. The van der Waals surface area contributed by atoms with Crippen molar-refractivity contribution >= 4 is 17.5 Å². The lowest BCUT2D eigenvalue weighted by Gasteiger charge is -2.30. The molecule has 0 aromatic heterocycles. The minimum Gasteiger partial charge on any atom is -0.478 e. The van der Waals surface area contributed by atoms with Crippen LogP contribution in [0.5, 0.6) is 5.75 Å². The summed E-state index contributed by atoms with van der Waals surface area (Å²) in [5.74, 6) is 0.281. The molecule has 0 aliphatic carbocycles. The summed E-state index contributed by atoms with van der Waals surface area (Å²) in [6.07, 6.45) is 0. The largest absolute Gasteiger partial charge is 0.478 e. The van der Waals surface area contributed by atoms with Gasteiger partial charge in [-0.1, -0.05) is 48.5 Å². The number of nitrogens with one attached hydrogen (secondary N) is 2. The van der Waals surface area contributed by atoms with Crippen molar-refractivity contribution in [2.75, 3.05) is 6.61 Å². The van der Waals surface area contributed by atoms with Crippen LogP contribution in [0.25, 0.3) is 5.70 Å². The van der Waals surface area contributed by atoms with E-state index in [0.29, 0.717) is 22.6 Å². The summed E-state index contributed by atoms with van der Waals surface area (Å²) >= 11 is 0. The van der Waals surface area contributed by atoms with E-state index < -0.39 is 12.1 Å². The zero-order chi connectivity index (χ0) is 18.5. The molecular formula is C20H17N3O3. The van der Waals surface area contributed by atoms with Crippen LogP contribution in [0, 0.1) is 11.3 Å². The molecule has 3 rings (SSSR count). The van der Waals surface area contributed by atoms with Crippen molar-refractivity contribution in [1.29, 1.82) is 5.26 Å². The van der Waals surface area contributed by atoms with E-state index >= 15 is 0 Å². The van der Waals surface area contributed by atoms with Gasteiger partial charge < -0.3 is 15.4 Å². The number of rotatable bonds is 5. The maximum absolute atomic E-state index is 12.5. The molecule has 2 amide bonds. The van der Waals surface area contributed by atoms with Crippen LogP contribution in [0.3, 0.4) is 0 Å². The molecule has 1 atom stereocenters. The van der Waals surface area contributed by atoms with Gasteiger partial charge in [0, 0.05) is 11.1 Å². The van der Waals surface area contributed by atoms with E-state index in [2.05, 4.69) is 10.6 Å². The van der Waals surface area contributed by atoms with Gasteiger partial charge in [-0.05, 0) is 18.6 Å². The van der Waals surface area contributed by atoms with Crippen LogP contribution in [-0.2, 0) is 4.79 Å². The van der Waals surface area contributed by atoms with E-state index in [0.717, 1.165) is 5.56 Å². The lowest BCUT2D eigenvalue weighted by molar-refractivity contribution is -0.113. The summed E-state index contributed by atoms with van der Waals surface area (Å²) < 4.78 is 5.48. The summed E-state index contributed by atoms with van der Waals surface area (Å²) in [5.41, 5.74) is 2.27. The molecule has 6 nitrogen and oxygen atoms in total. The standard InChI is InChI=1S/C20H17N3O3/c1-13(24)17-18(14-7-3-2-4-8-14)22-20(25)23-19(17)15-9-5-6-10-16(15)26-12-11-21/h2-10,19H,12H2,1H3,(H2,22,23,25)/t19-/m1/s1. The molecule has 0 saturated carbocycles. The molecule has 0 spiro atoms. The first kappa shape index (κ1) is 17.2. The van der Waals surface area contributed by atoms with Crippen molar-refractivity contribution in [1.82, 2.24) is 10.6 Å². The van der Waals surface area contributed by atoms with Crippen LogP contribution in [0.4, 0.5) is 4.79 Å². The minimum absolute atomic E-state index is 0.124. The average Bonchev–Trinajstić information content (AvgIpc) is 2.66. The molecule has 0 radical (unpaired) electrons. The van der Waals surface area contributed by atoms with Crippen molar-refractivity contribution in [2.45, 2.75) is 13.0 Å². The van der Waals surface area contributed by atoms with E-state index in [-0.39, 0.29) is 12.4 Å². The Balaban J connectivity index is 2.16. The Morgan fingerprint density at radius 2 is 1.85 bits per heavy atom. The first-order valence-electron chi connectivity index (χ1n) is 8.08. The number of para-hydroxylation sites is 1. The van der Waals surface area contributed by atoms with Gasteiger partial charge >= 0.3 is 6.03 Å². The summed E-state index contributed by atoms with van der Waals surface area (Å²) in [7, 11) is 0. The third-order valence-electron chi connectivity index (χ3n) is 4.04. The highest BCUT2D eigenvalue weighted by Crippen LogP contribution is 2.35. The van der Waals surface area contributed by atoms with E-state index in [4.69, 9.17) is 10.00 Å². The van der Waals surface area contributed by atoms with Gasteiger partial charge in [0.15, 0.2) is 12.4 Å². The molecule has 2 aromatic rings. The Kier molecular flexibility index (Phi) is 4.99. The normalized spacial score (nSPS) is 16.3. The van der Waals surface area contributed by atoms with Crippen LogP contribution in [-0.4, -0.2) is 18.4 Å². The van der Waals surface area contributed by atoms with Crippen molar-refractivity contribution in [3.05, 3.63) is 71.3 Å². The van der Waals surface area contributed by atoms with Crippen molar-refractivity contribution < 1.29 is 14.3 Å². The zero-order valence-corrected chi connectivity index (χ0v) is 14.2. The molecule has 1 aliphatic rings. The predicted octanol–water partition coefficient (Wildman–Crippen LogP) is 2.94. The predicted molar refractivity (Wildman–Crippen MR) is 96.0 cm³/mol. The minimum atomic E-state index is -0.675. The maximum atomic E-state index is 12.5. The molecule has 2 N–H and O–H groups in total. The monoisotopic (exact) mass is 347 g/mol. The maximum Gasteiger partial charge on any atom is 0.320 e. The molecule has 0 fully saturated rings. The molecule has 2 aromatic carbocycles. The van der Waals surface area contributed by atoms with E-state index in [1.54, 1.807) is 24.3 Å². The van der Waals surface area contributed by atoms with E-state index in [1.807, 2.05) is 36.4 Å². The highest BCUT2D eigenvalue weighted by Gasteiger charge is 2.33. The van der Waals surface area contributed by atoms with Gasteiger partial charge in [-0.2, -0.15) is 5.26 Å². The number of nitriles is 1. The third-order valence-corrected chi connectivity index (χ3v) is 4.04. The lowest BCUT2D eigenvalue weighted by Crippen LogP contribution is -2.44. The fourth-order valence-electron chi connectivity index (χ4n) is 2.97. The highest BCUT2D eigenvalue weighted by molar-refractivity contribution is 6.07. The second kappa shape index (κ2) is 7.53. The van der Waals surface area contributed by atoms with Gasteiger partial charge in [0.1, 0.15) is 11.8 Å². The van der Waals surface area contributed by atoms with Crippen molar-refractivity contribution in [2.24, 2.45) is 0 Å². The smallest absolute Gasteiger partial charge is 0.320 e. The van der Waals surface area contributed by atoms with E-state index in [1.165, 1.54) is 6.92 Å². The number of carbonyl (C=O) groups is 2. The Labute approximate surface area is 151 Å². The van der Waals surface area contributed by atoms with Gasteiger partial charge in [-0.25, -0.2) is 4.79 Å². The topological polar surface area (TPSA) is 91.2 Å². The van der Waals surface area contributed by atoms with Gasteiger partial charge in [-0.3, -0.25) is 4.79 Å². The number of hydrogen-bond acceptors (Lipinski definition) is 4. The molecule has 130 valence electrons. The lowest BCUT2D eigenvalue weighted by atomic mass is 9.90. The number of benzene rings is 2. The number of Topliss-reactive ketones (excluding diaryl/α,β-unsaturated/α-hetero) is 1. The van der Waals surface area contributed by atoms with Gasteiger partial charge in [0.05, 0.1) is 11.7 Å². The highest BCUT2D eigenvalue weighted by atomic mass is 16.5. The fourth-order valence-corrected chi connectivity index (χ4v) is 2.97. The number of urea groups is 1. The van der Waals surface area contributed by atoms with Crippen LogP contribution in [0.15, 0.2) is 60.2 Å². The molecule has 1 heterocycles. The van der Waals surface area contributed by atoms with Crippen LogP contribution < -0.4 is 15.4 Å². The average molecular weight is 347 g/mol. The molecule has 6 heteroatoms. The number of ketones is 1. The first-order chi connectivity index (χ1) is 12.6. The first-order valence-corrected chi connectivity index (χ1v) is 8.08. The third kappa shape index (κ3) is 3.42. The van der Waals surface area contributed by atoms with E-state index in [9.17, 15) is 9.59 Å². The van der Waals surface area contributed by atoms with Gasteiger partial charge in [0.25, 0.3) is 0 Å². The second-order valence-corrected chi connectivity index (χ2v) is 5.73. The SMILES string of the molecule is CC(=O)C1=C(c2ccccc2)NC(=O)N[C@@H]1c1ccccc1OCC#N. The quantitative estimate of drug-likeness (QED) is 0.870. The summed E-state index contributed by atoms with van der Waals surface area (Å²) in [5, 5.41) is 14.3. The van der Waals surface area contributed by atoms with Gasteiger partial charge in [0.2, 0.25) is 0 Å². The number of carbonyl (C=O) groups excluding carboxylic acids is 2. The summed E-state index contributed by atoms with van der Waals surface area (Å²) in [6.45, 7) is 1.34. The number of hydrogen-bond donors (Lipinski definition) is 2. The Bertz CT molecular complexity index is 913. The molecule has 0 unspecified atom stereocenters. The summed E-state index contributed by atoms with van der Waals surface area (Å²) in [6, 6.07) is 17.1. The Hall–Kier alpha value is -3.59. The Morgan fingerprint density at radius 3 is 2.54 bits per heavy atom.